The van der Waals surface area contributed by atoms with E-state index in [1.807, 2.05) is 16.2 Å². The lowest BCUT2D eigenvalue weighted by Crippen LogP contribution is -2.58. The first-order chi connectivity index (χ1) is 14.6. The van der Waals surface area contributed by atoms with Gasteiger partial charge in [-0.05, 0) is 48.2 Å². The van der Waals surface area contributed by atoms with Gasteiger partial charge in [0.1, 0.15) is 12.9 Å². The molecule has 8 nitrogen and oxygen atoms in total. The van der Waals surface area contributed by atoms with Gasteiger partial charge in [-0.25, -0.2) is 4.68 Å². The highest BCUT2D eigenvalue weighted by atomic mass is 32.1. The summed E-state index contributed by atoms with van der Waals surface area (Å²) in [5.41, 5.74) is 1.39. The molecule has 5 rings (SSSR count). The van der Waals surface area contributed by atoms with Crippen LogP contribution in [0.4, 0.5) is 0 Å². The Balaban J connectivity index is 1.15. The number of aryl methyl sites for hydroxylation is 1. The maximum absolute atomic E-state index is 12.3. The fraction of sp³-hybridized carbons (Fsp3) is 0.714. The van der Waals surface area contributed by atoms with E-state index in [9.17, 15) is 4.79 Å². The predicted octanol–water partition coefficient (Wildman–Crippen LogP) is 1.71. The molecule has 5 heterocycles. The smallest absolute Gasteiger partial charge is 0.244 e. The third-order valence-corrected chi connectivity index (χ3v) is 8.29. The monoisotopic (exact) mass is 430 g/mol. The molecule has 2 aromatic heterocycles. The SMILES string of the molecule is CCc1cc2c(s1)CCO[C@@]21CCN(CC2CN(C(=O)Cn3cnnn3)C2)[C@@H](C)C1. The Bertz CT molecular complexity index is 893. The number of piperidine rings is 1. The van der Waals surface area contributed by atoms with Crippen LogP contribution in [0.1, 0.15) is 42.0 Å². The minimum Gasteiger partial charge on any atom is -0.370 e. The molecule has 30 heavy (non-hydrogen) atoms. The Hall–Kier alpha value is -1.84. The number of ether oxygens (including phenoxy) is 1. The molecular formula is C21H30N6O2S. The molecule has 0 aromatic carbocycles. The van der Waals surface area contributed by atoms with E-state index in [0.29, 0.717) is 12.0 Å². The molecule has 1 amide bonds. The Kier molecular flexibility index (Phi) is 5.37. The molecule has 0 saturated carbocycles. The van der Waals surface area contributed by atoms with Crippen molar-refractivity contribution in [2.45, 2.75) is 57.7 Å². The highest BCUT2D eigenvalue weighted by Gasteiger charge is 2.45. The van der Waals surface area contributed by atoms with Gasteiger partial charge in [-0.15, -0.1) is 16.4 Å². The Morgan fingerprint density at radius 2 is 2.27 bits per heavy atom. The lowest BCUT2D eigenvalue weighted by Gasteiger charge is -2.49. The molecule has 0 radical (unpaired) electrons. The summed E-state index contributed by atoms with van der Waals surface area (Å²) in [6.07, 6.45) is 5.79. The molecule has 2 fully saturated rings. The van der Waals surface area contributed by atoms with Crippen LogP contribution >= 0.6 is 11.3 Å². The van der Waals surface area contributed by atoms with Crippen molar-refractivity contribution in [2.75, 3.05) is 32.8 Å². The zero-order valence-electron chi connectivity index (χ0n) is 17.8. The van der Waals surface area contributed by atoms with Crippen molar-refractivity contribution < 1.29 is 9.53 Å². The van der Waals surface area contributed by atoms with E-state index in [4.69, 9.17) is 4.74 Å². The first-order valence-corrected chi connectivity index (χ1v) is 11.9. The maximum atomic E-state index is 12.3. The minimum absolute atomic E-state index is 0.0825. The predicted molar refractivity (Wildman–Crippen MR) is 113 cm³/mol. The van der Waals surface area contributed by atoms with Crippen LogP contribution in [0.2, 0.25) is 0 Å². The van der Waals surface area contributed by atoms with Crippen molar-refractivity contribution in [1.29, 1.82) is 0 Å². The van der Waals surface area contributed by atoms with Crippen LogP contribution in [0.15, 0.2) is 12.4 Å². The molecule has 0 N–H and O–H groups in total. The number of rotatable bonds is 5. The van der Waals surface area contributed by atoms with Gasteiger partial charge in [-0.1, -0.05) is 6.92 Å². The van der Waals surface area contributed by atoms with Gasteiger partial charge in [0.15, 0.2) is 0 Å². The van der Waals surface area contributed by atoms with Gasteiger partial charge in [0.25, 0.3) is 0 Å². The summed E-state index contributed by atoms with van der Waals surface area (Å²) in [7, 11) is 0. The normalized spacial score (nSPS) is 27.3. The molecule has 162 valence electrons. The molecule has 0 unspecified atom stereocenters. The summed E-state index contributed by atoms with van der Waals surface area (Å²) in [4.78, 5) is 19.9. The summed E-state index contributed by atoms with van der Waals surface area (Å²) >= 11 is 1.99. The van der Waals surface area contributed by atoms with E-state index in [1.54, 1.807) is 4.88 Å². The summed E-state index contributed by atoms with van der Waals surface area (Å²) in [5.74, 6) is 0.645. The van der Waals surface area contributed by atoms with Crippen molar-refractivity contribution >= 4 is 17.2 Å². The fourth-order valence-corrected chi connectivity index (χ4v) is 6.44. The maximum Gasteiger partial charge on any atom is 0.244 e. The zero-order valence-corrected chi connectivity index (χ0v) is 18.6. The molecule has 0 bridgehead atoms. The second kappa shape index (κ2) is 8.01. The van der Waals surface area contributed by atoms with Crippen molar-refractivity contribution in [1.82, 2.24) is 30.0 Å². The summed E-state index contributed by atoms with van der Waals surface area (Å²) in [6.45, 7) is 9.44. The van der Waals surface area contributed by atoms with Crippen LogP contribution in [0.5, 0.6) is 0 Å². The van der Waals surface area contributed by atoms with Crippen molar-refractivity contribution in [3.05, 3.63) is 27.7 Å². The molecule has 3 aliphatic heterocycles. The number of nitrogens with zero attached hydrogens (tertiary/aromatic N) is 6. The van der Waals surface area contributed by atoms with E-state index < -0.39 is 0 Å². The van der Waals surface area contributed by atoms with Gasteiger partial charge in [-0.3, -0.25) is 4.79 Å². The third kappa shape index (κ3) is 3.67. The van der Waals surface area contributed by atoms with E-state index >= 15 is 0 Å². The van der Waals surface area contributed by atoms with Gasteiger partial charge in [0.2, 0.25) is 5.91 Å². The Morgan fingerprint density at radius 3 is 3.00 bits per heavy atom. The number of amides is 1. The van der Waals surface area contributed by atoms with Crippen molar-refractivity contribution in [3.8, 4) is 0 Å². The number of carbonyl (C=O) groups excluding carboxylic acids is 1. The van der Waals surface area contributed by atoms with Crippen LogP contribution < -0.4 is 0 Å². The zero-order chi connectivity index (χ0) is 20.7. The number of hydrogen-bond acceptors (Lipinski definition) is 7. The molecule has 1 spiro atoms. The van der Waals surface area contributed by atoms with Gasteiger partial charge in [-0.2, -0.15) is 0 Å². The van der Waals surface area contributed by atoms with Crippen LogP contribution in [-0.2, 0) is 34.5 Å². The average molecular weight is 431 g/mol. The summed E-state index contributed by atoms with van der Waals surface area (Å²) < 4.78 is 7.94. The molecule has 2 atom stereocenters. The van der Waals surface area contributed by atoms with Crippen LogP contribution in [0.25, 0.3) is 0 Å². The largest absolute Gasteiger partial charge is 0.370 e. The first kappa shape index (κ1) is 20.1. The third-order valence-electron chi connectivity index (χ3n) is 6.95. The van der Waals surface area contributed by atoms with Gasteiger partial charge < -0.3 is 14.5 Å². The number of fused-ring (bicyclic) bond motifs is 2. The number of likely N-dealkylation sites (tertiary alicyclic amines) is 2. The topological polar surface area (TPSA) is 76.4 Å². The van der Waals surface area contributed by atoms with E-state index in [-0.39, 0.29) is 18.1 Å². The van der Waals surface area contributed by atoms with Crippen LogP contribution in [-0.4, -0.2) is 74.7 Å². The second-order valence-corrected chi connectivity index (χ2v) is 10.2. The average Bonchev–Trinajstić information content (AvgIpc) is 3.36. The van der Waals surface area contributed by atoms with Gasteiger partial charge in [0.05, 0.1) is 12.2 Å². The Morgan fingerprint density at radius 1 is 1.40 bits per heavy atom. The number of aromatic nitrogens is 4. The molecule has 2 saturated heterocycles. The van der Waals surface area contributed by atoms with Crippen molar-refractivity contribution in [2.24, 2.45) is 5.92 Å². The fourth-order valence-electron chi connectivity index (χ4n) is 5.26. The second-order valence-electron chi connectivity index (χ2n) is 8.97. The van der Waals surface area contributed by atoms with E-state index in [0.717, 1.165) is 58.5 Å². The van der Waals surface area contributed by atoms with Gasteiger partial charge >= 0.3 is 0 Å². The van der Waals surface area contributed by atoms with Crippen LogP contribution in [0, 0.1) is 5.92 Å². The van der Waals surface area contributed by atoms with Crippen LogP contribution in [0.3, 0.4) is 0 Å². The summed E-state index contributed by atoms with van der Waals surface area (Å²) in [6, 6.07) is 2.90. The molecule has 3 aliphatic rings. The lowest BCUT2D eigenvalue weighted by atomic mass is 9.79. The summed E-state index contributed by atoms with van der Waals surface area (Å²) in [5, 5.41) is 10.9. The van der Waals surface area contributed by atoms with E-state index in [1.165, 1.54) is 21.4 Å². The molecule has 9 heteroatoms. The number of tetrazole rings is 1. The highest BCUT2D eigenvalue weighted by molar-refractivity contribution is 7.12. The number of carbonyl (C=O) groups is 1. The standard InChI is InChI=1S/C21H30N6O2S/c1-3-17-8-18-19(30-17)4-7-29-21(18)5-6-25(15(2)9-21)10-16-11-26(12-16)20(28)13-27-14-22-23-24-27/h8,14-16H,3-7,9-13H2,1-2H3/t15-,21+/m0/s1. The number of hydrogen-bond donors (Lipinski definition) is 0. The quantitative estimate of drug-likeness (QED) is 0.719. The lowest BCUT2D eigenvalue weighted by molar-refractivity contribution is -0.140. The Labute approximate surface area is 181 Å². The van der Waals surface area contributed by atoms with Crippen molar-refractivity contribution in [3.63, 3.8) is 0 Å². The molecule has 0 aliphatic carbocycles. The van der Waals surface area contributed by atoms with E-state index in [2.05, 4.69) is 40.3 Å². The van der Waals surface area contributed by atoms with Gasteiger partial charge in [0, 0.05) is 54.3 Å². The highest BCUT2D eigenvalue weighted by Crippen LogP contribution is 2.46. The number of thiophene rings is 1. The molecular weight excluding hydrogens is 400 g/mol. The molecule has 2 aromatic rings. The first-order valence-electron chi connectivity index (χ1n) is 11.0. The minimum atomic E-state index is -0.0825.